The third-order valence-corrected chi connectivity index (χ3v) is 2.77. The second-order valence-electron chi connectivity index (χ2n) is 4.23. The molecule has 0 unspecified atom stereocenters. The maximum atomic E-state index is 13.0. The lowest BCUT2D eigenvalue weighted by molar-refractivity contribution is 0.0951. The average Bonchev–Trinajstić information content (AvgIpc) is 2.47. The number of benzene rings is 2. The standard InChI is InChI=1S/C15H12FN3O/c16-13-5-4-12(7-14(13)18)15(20)19-9-11-3-1-2-10(6-11)8-17/h1-7H,9,18H2,(H,19,20). The Bertz CT molecular complexity index is 692. The number of nitriles is 1. The third kappa shape index (κ3) is 3.12. The number of nitrogens with zero attached hydrogens (tertiary/aromatic N) is 1. The summed E-state index contributed by atoms with van der Waals surface area (Å²) in [5.41, 5.74) is 6.98. The van der Waals surface area contributed by atoms with Crippen LogP contribution >= 0.6 is 0 Å². The van der Waals surface area contributed by atoms with Crippen LogP contribution in [0, 0.1) is 17.1 Å². The van der Waals surface area contributed by atoms with E-state index in [0.29, 0.717) is 11.1 Å². The first kappa shape index (κ1) is 13.6. The van der Waals surface area contributed by atoms with Crippen LogP contribution in [0.1, 0.15) is 21.5 Å². The lowest BCUT2D eigenvalue weighted by atomic mass is 10.1. The molecule has 0 aliphatic heterocycles. The summed E-state index contributed by atoms with van der Waals surface area (Å²) in [6.45, 7) is 0.283. The number of halogens is 1. The first-order valence-corrected chi connectivity index (χ1v) is 5.92. The zero-order valence-corrected chi connectivity index (χ0v) is 10.6. The molecule has 2 rings (SSSR count). The highest BCUT2D eigenvalue weighted by atomic mass is 19.1. The van der Waals surface area contributed by atoms with Crippen LogP contribution in [-0.4, -0.2) is 5.91 Å². The Hall–Kier alpha value is -2.87. The molecular formula is C15H12FN3O. The SMILES string of the molecule is N#Cc1cccc(CNC(=O)c2ccc(F)c(N)c2)c1. The van der Waals surface area contributed by atoms with Crippen molar-refractivity contribution in [2.45, 2.75) is 6.54 Å². The van der Waals surface area contributed by atoms with E-state index in [9.17, 15) is 9.18 Å². The molecule has 0 atom stereocenters. The number of rotatable bonds is 3. The molecule has 4 nitrogen and oxygen atoms in total. The molecule has 0 aliphatic carbocycles. The Morgan fingerprint density at radius 3 is 2.80 bits per heavy atom. The number of nitrogens with one attached hydrogen (secondary N) is 1. The summed E-state index contributed by atoms with van der Waals surface area (Å²) in [7, 11) is 0. The molecule has 2 aromatic rings. The van der Waals surface area contributed by atoms with E-state index >= 15 is 0 Å². The van der Waals surface area contributed by atoms with Crippen LogP contribution in [0.2, 0.25) is 0 Å². The van der Waals surface area contributed by atoms with Crippen LogP contribution in [0.5, 0.6) is 0 Å². The highest BCUT2D eigenvalue weighted by Crippen LogP contribution is 2.12. The van der Waals surface area contributed by atoms with E-state index in [-0.39, 0.29) is 18.1 Å². The number of carbonyl (C=O) groups excluding carboxylic acids is 1. The topological polar surface area (TPSA) is 78.9 Å². The van der Waals surface area contributed by atoms with E-state index in [4.69, 9.17) is 11.0 Å². The number of carbonyl (C=O) groups is 1. The molecular weight excluding hydrogens is 257 g/mol. The summed E-state index contributed by atoms with van der Waals surface area (Å²) < 4.78 is 13.0. The van der Waals surface area contributed by atoms with Crippen molar-refractivity contribution >= 4 is 11.6 Å². The van der Waals surface area contributed by atoms with Crippen molar-refractivity contribution < 1.29 is 9.18 Å². The van der Waals surface area contributed by atoms with Gasteiger partial charge in [-0.15, -0.1) is 0 Å². The fraction of sp³-hybridized carbons (Fsp3) is 0.0667. The maximum absolute atomic E-state index is 13.0. The molecule has 5 heteroatoms. The van der Waals surface area contributed by atoms with E-state index in [0.717, 1.165) is 11.6 Å². The van der Waals surface area contributed by atoms with Crippen LogP contribution in [-0.2, 0) is 6.54 Å². The van der Waals surface area contributed by atoms with Gasteiger partial charge in [0.25, 0.3) is 5.91 Å². The first-order valence-electron chi connectivity index (χ1n) is 5.92. The summed E-state index contributed by atoms with van der Waals surface area (Å²) in [5, 5.41) is 11.5. The Morgan fingerprint density at radius 2 is 2.10 bits per heavy atom. The molecule has 0 heterocycles. The third-order valence-electron chi connectivity index (χ3n) is 2.77. The van der Waals surface area contributed by atoms with Crippen LogP contribution in [0.15, 0.2) is 42.5 Å². The van der Waals surface area contributed by atoms with Gasteiger partial charge in [0.2, 0.25) is 0 Å². The normalized spacial score (nSPS) is 9.80. The van der Waals surface area contributed by atoms with E-state index in [1.54, 1.807) is 24.3 Å². The van der Waals surface area contributed by atoms with Gasteiger partial charge in [0, 0.05) is 12.1 Å². The highest BCUT2D eigenvalue weighted by Gasteiger charge is 2.08. The largest absolute Gasteiger partial charge is 0.396 e. The smallest absolute Gasteiger partial charge is 0.251 e. The van der Waals surface area contributed by atoms with Gasteiger partial charge in [-0.2, -0.15) is 5.26 Å². The molecule has 0 aromatic heterocycles. The van der Waals surface area contributed by atoms with Crippen molar-refractivity contribution in [1.82, 2.24) is 5.32 Å². The minimum Gasteiger partial charge on any atom is -0.396 e. The Labute approximate surface area is 115 Å². The van der Waals surface area contributed by atoms with Crippen LogP contribution < -0.4 is 11.1 Å². The van der Waals surface area contributed by atoms with Crippen LogP contribution in [0.25, 0.3) is 0 Å². The van der Waals surface area contributed by atoms with Crippen molar-refractivity contribution in [3.8, 4) is 6.07 Å². The van der Waals surface area contributed by atoms with Gasteiger partial charge in [0.1, 0.15) is 5.82 Å². The summed E-state index contributed by atoms with van der Waals surface area (Å²) in [6.07, 6.45) is 0. The lowest BCUT2D eigenvalue weighted by Gasteiger charge is -2.06. The molecule has 3 N–H and O–H groups in total. The number of nitrogen functional groups attached to an aromatic ring is 1. The molecule has 0 spiro atoms. The molecule has 0 aliphatic rings. The maximum Gasteiger partial charge on any atom is 0.251 e. The van der Waals surface area contributed by atoms with Crippen molar-refractivity contribution in [2.24, 2.45) is 0 Å². The minimum atomic E-state index is -0.553. The molecule has 0 saturated heterocycles. The zero-order valence-electron chi connectivity index (χ0n) is 10.6. The highest BCUT2D eigenvalue weighted by molar-refractivity contribution is 5.94. The second-order valence-corrected chi connectivity index (χ2v) is 4.23. The van der Waals surface area contributed by atoms with E-state index in [1.807, 2.05) is 6.07 Å². The van der Waals surface area contributed by atoms with Crippen molar-refractivity contribution in [2.75, 3.05) is 5.73 Å². The van der Waals surface area contributed by atoms with Gasteiger partial charge in [-0.25, -0.2) is 4.39 Å². The molecule has 100 valence electrons. The zero-order chi connectivity index (χ0) is 14.5. The summed E-state index contributed by atoms with van der Waals surface area (Å²) in [5.74, 6) is -0.901. The number of nitrogens with two attached hydrogens (primary N) is 1. The van der Waals surface area contributed by atoms with Gasteiger partial charge in [-0.1, -0.05) is 12.1 Å². The lowest BCUT2D eigenvalue weighted by Crippen LogP contribution is -2.23. The number of amides is 1. The predicted molar refractivity (Wildman–Crippen MR) is 73.1 cm³/mol. The van der Waals surface area contributed by atoms with Gasteiger partial charge in [0.15, 0.2) is 0 Å². The van der Waals surface area contributed by atoms with Gasteiger partial charge in [-0.05, 0) is 35.9 Å². The van der Waals surface area contributed by atoms with Crippen LogP contribution in [0.4, 0.5) is 10.1 Å². The van der Waals surface area contributed by atoms with E-state index in [2.05, 4.69) is 5.32 Å². The molecule has 0 bridgehead atoms. The monoisotopic (exact) mass is 269 g/mol. The van der Waals surface area contributed by atoms with Gasteiger partial charge >= 0.3 is 0 Å². The van der Waals surface area contributed by atoms with Gasteiger partial charge < -0.3 is 11.1 Å². The van der Waals surface area contributed by atoms with Crippen molar-refractivity contribution in [1.29, 1.82) is 5.26 Å². The summed E-state index contributed by atoms with van der Waals surface area (Å²) >= 11 is 0. The predicted octanol–water partition coefficient (Wildman–Crippen LogP) is 2.21. The average molecular weight is 269 g/mol. The molecule has 0 saturated carbocycles. The number of anilines is 1. The minimum absolute atomic E-state index is 0.0656. The van der Waals surface area contributed by atoms with Gasteiger partial charge in [0.05, 0.1) is 17.3 Å². The molecule has 2 aromatic carbocycles. The van der Waals surface area contributed by atoms with E-state index in [1.165, 1.54) is 12.1 Å². The summed E-state index contributed by atoms with van der Waals surface area (Å²) in [4.78, 5) is 11.9. The number of hydrogen-bond acceptors (Lipinski definition) is 3. The van der Waals surface area contributed by atoms with E-state index < -0.39 is 5.82 Å². The van der Waals surface area contributed by atoms with Crippen LogP contribution in [0.3, 0.4) is 0 Å². The Balaban J connectivity index is 2.05. The Kier molecular flexibility index (Phi) is 3.96. The molecule has 0 fully saturated rings. The molecule has 20 heavy (non-hydrogen) atoms. The summed E-state index contributed by atoms with van der Waals surface area (Å²) in [6, 6.07) is 12.8. The Morgan fingerprint density at radius 1 is 1.30 bits per heavy atom. The number of hydrogen-bond donors (Lipinski definition) is 2. The van der Waals surface area contributed by atoms with Crippen molar-refractivity contribution in [3.63, 3.8) is 0 Å². The van der Waals surface area contributed by atoms with Gasteiger partial charge in [-0.3, -0.25) is 4.79 Å². The quantitative estimate of drug-likeness (QED) is 0.838. The second kappa shape index (κ2) is 5.85. The fourth-order valence-corrected chi connectivity index (χ4v) is 1.72. The molecule has 1 amide bonds. The fourth-order valence-electron chi connectivity index (χ4n) is 1.72. The van der Waals surface area contributed by atoms with Crippen molar-refractivity contribution in [3.05, 3.63) is 65.0 Å². The first-order chi connectivity index (χ1) is 9.60. The molecule has 0 radical (unpaired) electrons.